The number of nitrogens with one attached hydrogen (secondary N) is 1. The van der Waals surface area contributed by atoms with E-state index in [0.717, 1.165) is 17.1 Å². The summed E-state index contributed by atoms with van der Waals surface area (Å²) in [7, 11) is 0. The number of amides is 1. The first-order valence-corrected chi connectivity index (χ1v) is 7.27. The van der Waals surface area contributed by atoms with E-state index >= 15 is 0 Å². The van der Waals surface area contributed by atoms with E-state index < -0.39 is 0 Å². The number of hydrogen-bond acceptors (Lipinski definition) is 3. The molecular formula is C17H19N2O3+. The van der Waals surface area contributed by atoms with Gasteiger partial charge in [-0.1, -0.05) is 6.07 Å². The third-order valence-electron chi connectivity index (χ3n) is 3.75. The summed E-state index contributed by atoms with van der Waals surface area (Å²) in [5.41, 5.74) is 2.16. The van der Waals surface area contributed by atoms with Crippen molar-refractivity contribution in [3.05, 3.63) is 53.9 Å². The van der Waals surface area contributed by atoms with Gasteiger partial charge in [-0.3, -0.25) is 4.79 Å². The Kier molecular flexibility index (Phi) is 3.96. The molecule has 0 saturated heterocycles. The number of aryl methyl sites for hydroxylation is 1. The van der Waals surface area contributed by atoms with Gasteiger partial charge in [0.2, 0.25) is 12.8 Å². The fourth-order valence-corrected chi connectivity index (χ4v) is 2.29. The molecule has 0 aliphatic carbocycles. The minimum atomic E-state index is -0.255. The highest BCUT2D eigenvalue weighted by Gasteiger charge is 2.21. The van der Waals surface area contributed by atoms with Crippen molar-refractivity contribution >= 4 is 5.91 Å². The maximum atomic E-state index is 12.2. The molecule has 22 heavy (non-hydrogen) atoms. The molecule has 0 unspecified atom stereocenters. The number of carbonyl (C=O) groups is 1. The molecule has 1 aromatic heterocycles. The van der Waals surface area contributed by atoms with Crippen molar-refractivity contribution in [2.24, 2.45) is 0 Å². The molecule has 1 N–H and O–H groups in total. The fraction of sp³-hybridized carbons (Fsp3) is 0.294. The third kappa shape index (κ3) is 3.03. The zero-order valence-electron chi connectivity index (χ0n) is 12.7. The number of rotatable bonds is 4. The third-order valence-corrected chi connectivity index (χ3v) is 3.75. The highest BCUT2D eigenvalue weighted by Crippen LogP contribution is 2.32. The second-order valence-electron chi connectivity index (χ2n) is 5.40. The molecule has 1 aromatic carbocycles. The Balaban J connectivity index is 1.61. The lowest BCUT2D eigenvalue weighted by Gasteiger charge is -2.09. The molecule has 0 bridgehead atoms. The number of pyridine rings is 1. The SMILES string of the molecule is Cc1cc[n+]([C@@H](C)C(=O)NCc2ccc3c(c2)OCO3)cc1. The van der Waals surface area contributed by atoms with Crippen LogP contribution in [0.25, 0.3) is 0 Å². The first kappa shape index (κ1) is 14.4. The molecule has 0 spiro atoms. The number of hydrogen-bond donors (Lipinski definition) is 1. The van der Waals surface area contributed by atoms with Crippen LogP contribution in [0.4, 0.5) is 0 Å². The van der Waals surface area contributed by atoms with E-state index in [1.807, 2.05) is 61.1 Å². The van der Waals surface area contributed by atoms with Crippen LogP contribution in [0.3, 0.4) is 0 Å². The Morgan fingerprint density at radius 1 is 1.23 bits per heavy atom. The van der Waals surface area contributed by atoms with E-state index in [9.17, 15) is 4.79 Å². The minimum absolute atomic E-state index is 0.0217. The van der Waals surface area contributed by atoms with Gasteiger partial charge >= 0.3 is 0 Å². The summed E-state index contributed by atoms with van der Waals surface area (Å²) in [6, 6.07) is 9.41. The molecule has 0 radical (unpaired) electrons. The van der Waals surface area contributed by atoms with Gasteiger partial charge in [-0.2, -0.15) is 4.57 Å². The Morgan fingerprint density at radius 3 is 2.73 bits per heavy atom. The van der Waals surface area contributed by atoms with Gasteiger partial charge in [0.25, 0.3) is 5.91 Å². The van der Waals surface area contributed by atoms with Crippen LogP contribution in [-0.2, 0) is 11.3 Å². The van der Waals surface area contributed by atoms with Gasteiger partial charge in [-0.15, -0.1) is 0 Å². The molecule has 2 aromatic rings. The normalized spacial score (nSPS) is 13.7. The second-order valence-corrected chi connectivity index (χ2v) is 5.40. The van der Waals surface area contributed by atoms with Crippen LogP contribution in [-0.4, -0.2) is 12.7 Å². The summed E-state index contributed by atoms with van der Waals surface area (Å²) in [5, 5.41) is 2.95. The largest absolute Gasteiger partial charge is 0.454 e. The van der Waals surface area contributed by atoms with E-state index in [0.29, 0.717) is 6.54 Å². The lowest BCUT2D eigenvalue weighted by Crippen LogP contribution is -2.46. The Bertz CT molecular complexity index is 683. The Labute approximate surface area is 129 Å². The van der Waals surface area contributed by atoms with Gasteiger partial charge in [0.15, 0.2) is 23.9 Å². The molecule has 1 amide bonds. The first-order chi connectivity index (χ1) is 10.6. The van der Waals surface area contributed by atoms with Crippen LogP contribution < -0.4 is 19.4 Å². The molecular weight excluding hydrogens is 280 g/mol. The molecule has 1 atom stereocenters. The average Bonchev–Trinajstić information content (AvgIpc) is 3.00. The van der Waals surface area contributed by atoms with Crippen molar-refractivity contribution in [2.45, 2.75) is 26.4 Å². The molecule has 3 rings (SSSR count). The fourth-order valence-electron chi connectivity index (χ4n) is 2.29. The lowest BCUT2D eigenvalue weighted by molar-refractivity contribution is -0.706. The quantitative estimate of drug-likeness (QED) is 0.877. The van der Waals surface area contributed by atoms with Crippen LogP contribution in [0.15, 0.2) is 42.7 Å². The number of nitrogens with zero attached hydrogens (tertiary/aromatic N) is 1. The van der Waals surface area contributed by atoms with Gasteiger partial charge in [0.05, 0.1) is 0 Å². The van der Waals surface area contributed by atoms with Crippen molar-refractivity contribution < 1.29 is 18.8 Å². The molecule has 2 heterocycles. The molecule has 0 fully saturated rings. The molecule has 0 saturated carbocycles. The predicted molar refractivity (Wildman–Crippen MR) is 80.5 cm³/mol. The average molecular weight is 299 g/mol. The summed E-state index contributed by atoms with van der Waals surface area (Å²) < 4.78 is 12.5. The number of aromatic nitrogens is 1. The van der Waals surface area contributed by atoms with Crippen molar-refractivity contribution in [1.82, 2.24) is 5.32 Å². The van der Waals surface area contributed by atoms with Crippen molar-refractivity contribution in [3.63, 3.8) is 0 Å². The van der Waals surface area contributed by atoms with E-state index in [1.165, 1.54) is 5.56 Å². The van der Waals surface area contributed by atoms with Crippen LogP contribution >= 0.6 is 0 Å². The highest BCUT2D eigenvalue weighted by atomic mass is 16.7. The highest BCUT2D eigenvalue weighted by molar-refractivity contribution is 5.78. The van der Waals surface area contributed by atoms with E-state index in [4.69, 9.17) is 9.47 Å². The number of benzene rings is 1. The molecule has 5 nitrogen and oxygen atoms in total. The Morgan fingerprint density at radius 2 is 1.95 bits per heavy atom. The lowest BCUT2D eigenvalue weighted by atomic mass is 10.2. The maximum Gasteiger partial charge on any atom is 0.289 e. The van der Waals surface area contributed by atoms with Crippen molar-refractivity contribution in [2.75, 3.05) is 6.79 Å². The summed E-state index contributed by atoms with van der Waals surface area (Å²) >= 11 is 0. The minimum Gasteiger partial charge on any atom is -0.454 e. The van der Waals surface area contributed by atoms with E-state index in [2.05, 4.69) is 5.32 Å². The van der Waals surface area contributed by atoms with Gasteiger partial charge in [-0.05, 0) is 30.2 Å². The van der Waals surface area contributed by atoms with Crippen molar-refractivity contribution in [1.29, 1.82) is 0 Å². The van der Waals surface area contributed by atoms with Gasteiger partial charge < -0.3 is 14.8 Å². The van der Waals surface area contributed by atoms with Crippen LogP contribution in [0.2, 0.25) is 0 Å². The zero-order valence-corrected chi connectivity index (χ0v) is 12.7. The number of carbonyl (C=O) groups excluding carboxylic acids is 1. The monoisotopic (exact) mass is 299 g/mol. The molecule has 1 aliphatic heterocycles. The zero-order chi connectivity index (χ0) is 15.5. The van der Waals surface area contributed by atoms with Gasteiger partial charge in [0.1, 0.15) is 0 Å². The van der Waals surface area contributed by atoms with E-state index in [-0.39, 0.29) is 18.7 Å². The maximum absolute atomic E-state index is 12.2. The first-order valence-electron chi connectivity index (χ1n) is 7.27. The van der Waals surface area contributed by atoms with E-state index in [1.54, 1.807) is 0 Å². The topological polar surface area (TPSA) is 51.4 Å². The predicted octanol–water partition coefficient (Wildman–Crippen LogP) is 1.89. The number of fused-ring (bicyclic) bond motifs is 1. The Hall–Kier alpha value is -2.56. The summed E-state index contributed by atoms with van der Waals surface area (Å²) in [6.07, 6.45) is 3.83. The molecule has 1 aliphatic rings. The van der Waals surface area contributed by atoms with Gasteiger partial charge in [-0.25, -0.2) is 0 Å². The van der Waals surface area contributed by atoms with Crippen LogP contribution in [0.1, 0.15) is 24.1 Å². The number of ether oxygens (including phenoxy) is 2. The van der Waals surface area contributed by atoms with Crippen LogP contribution in [0, 0.1) is 6.92 Å². The van der Waals surface area contributed by atoms with Crippen molar-refractivity contribution in [3.8, 4) is 11.5 Å². The van der Waals surface area contributed by atoms with Crippen LogP contribution in [0.5, 0.6) is 11.5 Å². The molecule has 114 valence electrons. The summed E-state index contributed by atoms with van der Waals surface area (Å²) in [4.78, 5) is 12.2. The van der Waals surface area contributed by atoms with Gasteiger partial charge in [0, 0.05) is 25.6 Å². The summed E-state index contributed by atoms with van der Waals surface area (Å²) in [6.45, 7) is 4.62. The molecule has 5 heteroatoms. The summed E-state index contributed by atoms with van der Waals surface area (Å²) in [5.74, 6) is 1.46. The standard InChI is InChI=1S/C17H18N2O3/c1-12-5-7-19(8-6-12)13(2)17(20)18-10-14-3-4-15-16(9-14)22-11-21-15/h3-9,13H,10-11H2,1-2H3/p+1/t13-/m0/s1. The second kappa shape index (κ2) is 6.05. The smallest absolute Gasteiger partial charge is 0.289 e.